The summed E-state index contributed by atoms with van der Waals surface area (Å²) in [6.45, 7) is 3.94. The van der Waals surface area contributed by atoms with Gasteiger partial charge in [-0.25, -0.2) is 0 Å². The minimum Gasteiger partial charge on any atom is -0.480 e. The lowest BCUT2D eigenvalue weighted by Gasteiger charge is -2.20. The maximum atomic E-state index is 11.6. The summed E-state index contributed by atoms with van der Waals surface area (Å²) in [5.41, 5.74) is 0. The highest BCUT2D eigenvalue weighted by Crippen LogP contribution is 1.96. The Bertz CT molecular complexity index is 293. The van der Waals surface area contributed by atoms with Crippen molar-refractivity contribution in [1.29, 1.82) is 0 Å². The first-order valence-electron chi connectivity index (χ1n) is 5.70. The smallest absolute Gasteiger partial charge is 0.317 e. The summed E-state index contributed by atoms with van der Waals surface area (Å²) in [4.78, 5) is 23.6. The lowest BCUT2D eigenvalue weighted by molar-refractivity contribution is -0.138. The van der Waals surface area contributed by atoms with Gasteiger partial charge in [-0.15, -0.1) is 6.42 Å². The highest BCUT2D eigenvalue weighted by Gasteiger charge is 2.14. The molecule has 0 spiro atoms. The van der Waals surface area contributed by atoms with Gasteiger partial charge in [-0.1, -0.05) is 19.8 Å². The average Bonchev–Trinajstić information content (AvgIpc) is 2.25. The Morgan fingerprint density at radius 1 is 1.35 bits per heavy atom. The lowest BCUT2D eigenvalue weighted by atomic mass is 10.2. The van der Waals surface area contributed by atoms with Crippen LogP contribution in [0.1, 0.15) is 26.7 Å². The maximum Gasteiger partial charge on any atom is 0.317 e. The van der Waals surface area contributed by atoms with E-state index in [9.17, 15) is 9.59 Å². The van der Waals surface area contributed by atoms with Crippen molar-refractivity contribution in [3.63, 3.8) is 0 Å². The third-order valence-corrected chi connectivity index (χ3v) is 2.39. The Labute approximate surface area is 102 Å². The summed E-state index contributed by atoms with van der Waals surface area (Å²) in [6, 6.07) is 0.139. The van der Waals surface area contributed by atoms with E-state index in [-0.39, 0.29) is 31.6 Å². The topological polar surface area (TPSA) is 69.6 Å². The second-order valence-electron chi connectivity index (χ2n) is 3.82. The van der Waals surface area contributed by atoms with E-state index in [2.05, 4.69) is 11.2 Å². The molecule has 2 N–H and O–H groups in total. The van der Waals surface area contributed by atoms with Crippen molar-refractivity contribution >= 4 is 11.9 Å². The molecule has 0 rings (SSSR count). The second kappa shape index (κ2) is 8.59. The lowest BCUT2D eigenvalue weighted by Crippen LogP contribution is -2.43. The van der Waals surface area contributed by atoms with Crippen molar-refractivity contribution < 1.29 is 14.7 Å². The monoisotopic (exact) mass is 240 g/mol. The van der Waals surface area contributed by atoms with Crippen molar-refractivity contribution in [2.24, 2.45) is 0 Å². The number of nitrogens with one attached hydrogen (secondary N) is 1. The van der Waals surface area contributed by atoms with Crippen molar-refractivity contribution in [2.75, 3.05) is 19.6 Å². The Morgan fingerprint density at radius 2 is 1.94 bits per heavy atom. The molecule has 96 valence electrons. The largest absolute Gasteiger partial charge is 0.480 e. The van der Waals surface area contributed by atoms with Gasteiger partial charge < -0.3 is 10.4 Å². The molecule has 0 aromatic heterocycles. The molecule has 0 fully saturated rings. The van der Waals surface area contributed by atoms with E-state index in [1.807, 2.05) is 13.8 Å². The van der Waals surface area contributed by atoms with Crippen molar-refractivity contribution in [3.8, 4) is 12.3 Å². The number of nitrogens with zero attached hydrogens (tertiary/aromatic N) is 1. The Balaban J connectivity index is 4.20. The molecule has 0 saturated carbocycles. The molecule has 0 aromatic rings. The molecule has 0 atom stereocenters. The van der Waals surface area contributed by atoms with Crippen LogP contribution in [-0.2, 0) is 9.59 Å². The highest BCUT2D eigenvalue weighted by molar-refractivity contribution is 5.79. The Hall–Kier alpha value is -1.54. The molecular weight excluding hydrogens is 220 g/mol. The minimum atomic E-state index is -0.990. The molecule has 17 heavy (non-hydrogen) atoms. The van der Waals surface area contributed by atoms with Crippen molar-refractivity contribution in [1.82, 2.24) is 10.2 Å². The van der Waals surface area contributed by atoms with Gasteiger partial charge >= 0.3 is 5.97 Å². The average molecular weight is 240 g/mol. The molecule has 0 bridgehead atoms. The van der Waals surface area contributed by atoms with Gasteiger partial charge in [-0.05, 0) is 12.8 Å². The minimum absolute atomic E-state index is 0.0208. The summed E-state index contributed by atoms with van der Waals surface area (Å²) in [5, 5.41) is 11.5. The predicted octanol–water partition coefficient (Wildman–Crippen LogP) is 0.311. The molecule has 0 radical (unpaired) electrons. The van der Waals surface area contributed by atoms with Crippen molar-refractivity contribution in [3.05, 3.63) is 0 Å². The van der Waals surface area contributed by atoms with Crippen LogP contribution >= 0.6 is 0 Å². The number of terminal acetylenes is 1. The van der Waals surface area contributed by atoms with Gasteiger partial charge in [0.05, 0.1) is 19.6 Å². The van der Waals surface area contributed by atoms with E-state index in [0.717, 1.165) is 12.8 Å². The predicted molar refractivity (Wildman–Crippen MR) is 65.4 cm³/mol. The molecular formula is C12H20N2O3. The van der Waals surface area contributed by atoms with E-state index in [4.69, 9.17) is 11.5 Å². The Morgan fingerprint density at radius 3 is 2.35 bits per heavy atom. The molecule has 0 aliphatic rings. The van der Waals surface area contributed by atoms with Crippen LogP contribution in [0.15, 0.2) is 0 Å². The number of aliphatic carboxylic acids is 1. The van der Waals surface area contributed by atoms with Gasteiger partial charge in [0.25, 0.3) is 0 Å². The van der Waals surface area contributed by atoms with Crippen LogP contribution in [0.5, 0.6) is 0 Å². The summed E-state index contributed by atoms with van der Waals surface area (Å²) < 4.78 is 0. The van der Waals surface area contributed by atoms with Gasteiger partial charge in [-0.2, -0.15) is 0 Å². The van der Waals surface area contributed by atoms with Gasteiger partial charge in [0.1, 0.15) is 0 Å². The van der Waals surface area contributed by atoms with Gasteiger partial charge in [0, 0.05) is 6.04 Å². The molecule has 0 unspecified atom stereocenters. The van der Waals surface area contributed by atoms with Crippen LogP contribution < -0.4 is 5.32 Å². The zero-order valence-corrected chi connectivity index (χ0v) is 10.4. The van der Waals surface area contributed by atoms with Crippen LogP contribution in [0.2, 0.25) is 0 Å². The number of carbonyl (C=O) groups excluding carboxylic acids is 1. The number of hydrogen-bond donors (Lipinski definition) is 2. The number of amides is 1. The van der Waals surface area contributed by atoms with Crippen LogP contribution in [0, 0.1) is 12.3 Å². The standard InChI is InChI=1S/C12H20N2O3/c1-4-7-14(9-12(16)17)8-11(15)13-10(5-2)6-3/h1,10H,5-9H2,2-3H3,(H,13,15)(H,16,17). The van der Waals surface area contributed by atoms with Crippen LogP contribution in [0.3, 0.4) is 0 Å². The number of carbonyl (C=O) groups is 2. The fraction of sp³-hybridized carbons (Fsp3) is 0.667. The van der Waals surface area contributed by atoms with E-state index >= 15 is 0 Å². The fourth-order valence-electron chi connectivity index (χ4n) is 1.46. The van der Waals surface area contributed by atoms with Crippen LogP contribution in [0.4, 0.5) is 0 Å². The van der Waals surface area contributed by atoms with Crippen LogP contribution in [0.25, 0.3) is 0 Å². The molecule has 0 aliphatic heterocycles. The number of carboxylic acids is 1. The summed E-state index contributed by atoms with van der Waals surface area (Å²) >= 11 is 0. The molecule has 0 aliphatic carbocycles. The third kappa shape index (κ3) is 7.36. The van der Waals surface area contributed by atoms with E-state index in [1.165, 1.54) is 4.90 Å². The first kappa shape index (κ1) is 15.5. The molecule has 5 nitrogen and oxygen atoms in total. The zero-order valence-electron chi connectivity index (χ0n) is 10.4. The second-order valence-corrected chi connectivity index (χ2v) is 3.82. The summed E-state index contributed by atoms with van der Waals surface area (Å²) in [5.74, 6) is 1.17. The molecule has 1 amide bonds. The van der Waals surface area contributed by atoms with Gasteiger partial charge in [0.15, 0.2) is 0 Å². The maximum absolute atomic E-state index is 11.6. The van der Waals surface area contributed by atoms with E-state index in [1.54, 1.807) is 0 Å². The Kier molecular flexibility index (Phi) is 7.82. The molecule has 0 aromatic carbocycles. The SMILES string of the molecule is C#CCN(CC(=O)O)CC(=O)NC(CC)CC. The van der Waals surface area contributed by atoms with Crippen LogP contribution in [-0.4, -0.2) is 47.6 Å². The molecule has 0 heterocycles. The summed E-state index contributed by atoms with van der Waals surface area (Å²) in [6.07, 6.45) is 6.83. The van der Waals surface area contributed by atoms with Gasteiger partial charge in [0.2, 0.25) is 5.91 Å². The van der Waals surface area contributed by atoms with E-state index < -0.39 is 5.97 Å². The van der Waals surface area contributed by atoms with Gasteiger partial charge in [-0.3, -0.25) is 14.5 Å². The normalized spacial score (nSPS) is 10.3. The molecule has 0 saturated heterocycles. The summed E-state index contributed by atoms with van der Waals surface area (Å²) in [7, 11) is 0. The third-order valence-electron chi connectivity index (χ3n) is 2.39. The highest BCUT2D eigenvalue weighted by atomic mass is 16.4. The fourth-order valence-corrected chi connectivity index (χ4v) is 1.46. The number of carboxylic acid groups (broad SMARTS) is 1. The number of rotatable bonds is 8. The quantitative estimate of drug-likeness (QED) is 0.599. The number of hydrogen-bond acceptors (Lipinski definition) is 3. The first-order chi connectivity index (χ1) is 8.03. The van der Waals surface area contributed by atoms with Crippen molar-refractivity contribution in [2.45, 2.75) is 32.7 Å². The zero-order chi connectivity index (χ0) is 13.3. The molecule has 5 heteroatoms. The van der Waals surface area contributed by atoms with E-state index in [0.29, 0.717) is 0 Å². The first-order valence-corrected chi connectivity index (χ1v) is 5.70.